The van der Waals surface area contributed by atoms with Crippen LogP contribution in [0.3, 0.4) is 0 Å². The zero-order chi connectivity index (χ0) is 20.0. The van der Waals surface area contributed by atoms with Crippen molar-refractivity contribution in [3.8, 4) is 5.75 Å². The lowest BCUT2D eigenvalue weighted by Gasteiger charge is -2.31. The van der Waals surface area contributed by atoms with Gasteiger partial charge in [-0.2, -0.15) is 0 Å². The van der Waals surface area contributed by atoms with Crippen LogP contribution in [0.1, 0.15) is 45.2 Å². The van der Waals surface area contributed by atoms with Crippen molar-refractivity contribution in [3.05, 3.63) is 45.1 Å². The molecule has 0 bridgehead atoms. The quantitative estimate of drug-likeness (QED) is 0.301. The summed E-state index contributed by atoms with van der Waals surface area (Å²) in [5, 5.41) is 17.6. The number of nitro benzene ring substituents is 1. The first-order valence-electron chi connectivity index (χ1n) is 8.81. The fourth-order valence-corrected chi connectivity index (χ4v) is 3.15. The van der Waals surface area contributed by atoms with Gasteiger partial charge in [0.05, 0.1) is 29.8 Å². The minimum absolute atomic E-state index is 0.0973. The highest BCUT2D eigenvalue weighted by Gasteiger charge is 2.34. The Balaban J connectivity index is 2.65. The predicted octanol–water partition coefficient (Wildman–Crippen LogP) is 3.13. The molecule has 9 heteroatoms. The van der Waals surface area contributed by atoms with Gasteiger partial charge in [0, 0.05) is 23.4 Å². The summed E-state index contributed by atoms with van der Waals surface area (Å²) in [6, 6.07) is 3.60. The molecule has 1 heterocycles. The van der Waals surface area contributed by atoms with Crippen molar-refractivity contribution in [1.29, 1.82) is 0 Å². The molecule has 0 fully saturated rings. The van der Waals surface area contributed by atoms with E-state index in [1.54, 1.807) is 6.92 Å². The molecule has 0 amide bonds. The number of carbonyl (C=O) groups excluding carboxylic acids is 1. The molecule has 8 nitrogen and oxygen atoms in total. The molecule has 146 valence electrons. The summed E-state index contributed by atoms with van der Waals surface area (Å²) in [4.78, 5) is 23.5. The van der Waals surface area contributed by atoms with Gasteiger partial charge in [-0.3, -0.25) is 10.1 Å². The summed E-state index contributed by atoms with van der Waals surface area (Å²) >= 11 is 5.29. The molecule has 1 aliphatic heterocycles. The lowest BCUT2D eigenvalue weighted by Crippen LogP contribution is -2.46. The SMILES string of the molecule is CCCC1=C(C(=O)OCC)C(c2cc([N+](=O)[O-])ccc2OCC)NC(=S)N1. The van der Waals surface area contributed by atoms with Crippen molar-refractivity contribution >= 4 is 29.0 Å². The van der Waals surface area contributed by atoms with Crippen molar-refractivity contribution in [2.75, 3.05) is 13.2 Å². The number of nitrogens with zero attached hydrogens (tertiary/aromatic N) is 1. The average Bonchev–Trinajstić information content (AvgIpc) is 2.62. The lowest BCUT2D eigenvalue weighted by atomic mass is 9.93. The van der Waals surface area contributed by atoms with Gasteiger partial charge in [0.25, 0.3) is 5.69 Å². The molecular weight excluding hydrogens is 370 g/mol. The van der Waals surface area contributed by atoms with Crippen LogP contribution in [0, 0.1) is 10.1 Å². The van der Waals surface area contributed by atoms with E-state index >= 15 is 0 Å². The number of non-ortho nitro benzene ring substituents is 1. The molecule has 1 aromatic rings. The van der Waals surface area contributed by atoms with Crippen molar-refractivity contribution in [2.45, 2.75) is 39.7 Å². The molecule has 0 saturated heterocycles. The van der Waals surface area contributed by atoms with Gasteiger partial charge >= 0.3 is 5.97 Å². The summed E-state index contributed by atoms with van der Waals surface area (Å²) in [6.07, 6.45) is 1.37. The Morgan fingerprint density at radius 2 is 2.04 bits per heavy atom. The lowest BCUT2D eigenvalue weighted by molar-refractivity contribution is -0.385. The number of ether oxygens (including phenoxy) is 2. The first-order valence-corrected chi connectivity index (χ1v) is 9.22. The van der Waals surface area contributed by atoms with E-state index in [1.165, 1.54) is 18.2 Å². The third-order valence-corrected chi connectivity index (χ3v) is 4.18. The molecule has 0 radical (unpaired) electrons. The molecule has 1 unspecified atom stereocenters. The average molecular weight is 393 g/mol. The van der Waals surface area contributed by atoms with Gasteiger partial charge in [-0.1, -0.05) is 13.3 Å². The van der Waals surface area contributed by atoms with Crippen LogP contribution in [-0.2, 0) is 9.53 Å². The van der Waals surface area contributed by atoms with Crippen molar-refractivity contribution < 1.29 is 19.2 Å². The normalized spacial score (nSPS) is 16.4. The molecule has 2 N–H and O–H groups in total. The maximum atomic E-state index is 12.7. The van der Waals surface area contributed by atoms with Crippen LogP contribution in [0.4, 0.5) is 5.69 Å². The largest absolute Gasteiger partial charge is 0.493 e. The zero-order valence-corrected chi connectivity index (χ0v) is 16.4. The Labute approximate surface area is 163 Å². The Morgan fingerprint density at radius 3 is 2.63 bits per heavy atom. The maximum Gasteiger partial charge on any atom is 0.338 e. The molecule has 1 aliphatic rings. The summed E-state index contributed by atoms with van der Waals surface area (Å²) in [7, 11) is 0. The molecule has 0 spiro atoms. The van der Waals surface area contributed by atoms with Crippen LogP contribution in [0.5, 0.6) is 5.75 Å². The van der Waals surface area contributed by atoms with E-state index in [-0.39, 0.29) is 12.3 Å². The van der Waals surface area contributed by atoms with Crippen LogP contribution in [-0.4, -0.2) is 29.2 Å². The maximum absolute atomic E-state index is 12.7. The number of esters is 1. The Hall–Kier alpha value is -2.68. The van der Waals surface area contributed by atoms with Gasteiger partial charge in [0.15, 0.2) is 5.11 Å². The third kappa shape index (κ3) is 4.73. The summed E-state index contributed by atoms with van der Waals surface area (Å²) < 4.78 is 10.9. The summed E-state index contributed by atoms with van der Waals surface area (Å²) in [6.45, 7) is 6.11. The number of rotatable bonds is 8. The van der Waals surface area contributed by atoms with Crippen LogP contribution in [0.15, 0.2) is 29.5 Å². The van der Waals surface area contributed by atoms with Gasteiger partial charge in [-0.25, -0.2) is 4.79 Å². The highest BCUT2D eigenvalue weighted by Crippen LogP contribution is 2.36. The smallest absolute Gasteiger partial charge is 0.338 e. The van der Waals surface area contributed by atoms with E-state index in [0.717, 1.165) is 6.42 Å². The second-order valence-corrected chi connectivity index (χ2v) is 6.21. The van der Waals surface area contributed by atoms with E-state index in [1.807, 2.05) is 13.8 Å². The molecular formula is C18H23N3O5S. The van der Waals surface area contributed by atoms with Gasteiger partial charge in [-0.05, 0) is 38.6 Å². The van der Waals surface area contributed by atoms with E-state index in [4.69, 9.17) is 21.7 Å². The Bertz CT molecular complexity index is 778. The number of nitro groups is 1. The minimum Gasteiger partial charge on any atom is -0.493 e. The summed E-state index contributed by atoms with van der Waals surface area (Å²) in [5.74, 6) is -0.0506. The number of hydrogen-bond acceptors (Lipinski definition) is 6. The number of hydrogen-bond donors (Lipinski definition) is 2. The number of allylic oxidation sites excluding steroid dienone is 1. The molecule has 1 atom stereocenters. The van der Waals surface area contributed by atoms with E-state index in [0.29, 0.717) is 40.7 Å². The van der Waals surface area contributed by atoms with Gasteiger partial charge < -0.3 is 20.1 Å². The molecule has 27 heavy (non-hydrogen) atoms. The highest BCUT2D eigenvalue weighted by atomic mass is 32.1. The van der Waals surface area contributed by atoms with Crippen LogP contribution >= 0.6 is 12.2 Å². The van der Waals surface area contributed by atoms with Gasteiger partial charge in [-0.15, -0.1) is 0 Å². The number of thiocarbonyl (C=S) groups is 1. The first kappa shape index (κ1) is 20.6. The highest BCUT2D eigenvalue weighted by molar-refractivity contribution is 7.80. The number of carbonyl (C=O) groups is 1. The van der Waals surface area contributed by atoms with Crippen molar-refractivity contribution in [1.82, 2.24) is 10.6 Å². The Kier molecular flexibility index (Phi) is 7.12. The van der Waals surface area contributed by atoms with E-state index in [9.17, 15) is 14.9 Å². The second kappa shape index (κ2) is 9.31. The molecule has 0 aliphatic carbocycles. The standard InChI is InChI=1S/C18H23N3O5S/c1-4-7-13-15(17(22)26-6-3)16(20-18(27)19-13)12-10-11(21(23)24)8-9-14(12)25-5-2/h8-10,16H,4-7H2,1-3H3,(H2,19,20,27). The third-order valence-electron chi connectivity index (χ3n) is 3.96. The van der Waals surface area contributed by atoms with E-state index in [2.05, 4.69) is 10.6 Å². The number of nitrogens with one attached hydrogen (secondary N) is 2. The van der Waals surface area contributed by atoms with Gasteiger partial charge in [0.1, 0.15) is 5.75 Å². The van der Waals surface area contributed by atoms with Crippen LogP contribution in [0.25, 0.3) is 0 Å². The molecule has 0 aromatic heterocycles. The molecule has 1 aromatic carbocycles. The monoisotopic (exact) mass is 393 g/mol. The minimum atomic E-state index is -0.708. The van der Waals surface area contributed by atoms with Crippen molar-refractivity contribution in [2.24, 2.45) is 0 Å². The van der Waals surface area contributed by atoms with Crippen LogP contribution < -0.4 is 15.4 Å². The zero-order valence-electron chi connectivity index (χ0n) is 15.5. The fourth-order valence-electron chi connectivity index (χ4n) is 2.91. The molecule has 0 saturated carbocycles. The molecule has 2 rings (SSSR count). The summed E-state index contributed by atoms with van der Waals surface area (Å²) in [5.41, 5.74) is 1.37. The Morgan fingerprint density at radius 1 is 1.30 bits per heavy atom. The van der Waals surface area contributed by atoms with Crippen molar-refractivity contribution in [3.63, 3.8) is 0 Å². The predicted molar refractivity (Wildman–Crippen MR) is 104 cm³/mol. The van der Waals surface area contributed by atoms with Crippen LogP contribution in [0.2, 0.25) is 0 Å². The fraction of sp³-hybridized carbons (Fsp3) is 0.444. The topological polar surface area (TPSA) is 103 Å². The number of benzene rings is 1. The van der Waals surface area contributed by atoms with Gasteiger partial charge in [0.2, 0.25) is 0 Å². The second-order valence-electron chi connectivity index (χ2n) is 5.81. The first-order chi connectivity index (χ1) is 12.9. The van der Waals surface area contributed by atoms with E-state index < -0.39 is 16.9 Å².